The standard InChI is InChI=1S/C13H26N2O2/c1-10(2)11(5-7-14)3-4-13(17)15-8-6-12(16)9-15/h10-12,16H,3-9,14H2,1-2H3/t11?,12-/m1/s1. The Morgan fingerprint density at radius 2 is 2.18 bits per heavy atom. The van der Waals surface area contributed by atoms with Crippen molar-refractivity contribution in [1.29, 1.82) is 0 Å². The molecule has 0 bridgehead atoms. The van der Waals surface area contributed by atoms with Crippen molar-refractivity contribution in [3.8, 4) is 0 Å². The number of nitrogens with two attached hydrogens (primary N) is 1. The Balaban J connectivity index is 2.30. The summed E-state index contributed by atoms with van der Waals surface area (Å²) >= 11 is 0. The van der Waals surface area contributed by atoms with Crippen molar-refractivity contribution >= 4 is 5.91 Å². The molecule has 1 fully saturated rings. The van der Waals surface area contributed by atoms with Crippen LogP contribution in [-0.4, -0.2) is 41.7 Å². The van der Waals surface area contributed by atoms with Gasteiger partial charge in [0.15, 0.2) is 0 Å². The quantitative estimate of drug-likeness (QED) is 0.729. The van der Waals surface area contributed by atoms with Gasteiger partial charge in [0.05, 0.1) is 6.10 Å². The fourth-order valence-electron chi connectivity index (χ4n) is 2.46. The molecule has 0 spiro atoms. The maximum Gasteiger partial charge on any atom is 0.222 e. The van der Waals surface area contributed by atoms with Crippen LogP contribution in [0, 0.1) is 11.8 Å². The van der Waals surface area contributed by atoms with Crippen LogP contribution in [0.15, 0.2) is 0 Å². The van der Waals surface area contributed by atoms with E-state index in [2.05, 4.69) is 13.8 Å². The topological polar surface area (TPSA) is 66.6 Å². The monoisotopic (exact) mass is 242 g/mol. The third-order valence-electron chi connectivity index (χ3n) is 3.73. The predicted octanol–water partition coefficient (Wildman–Crippen LogP) is 0.981. The van der Waals surface area contributed by atoms with Crippen molar-refractivity contribution in [2.75, 3.05) is 19.6 Å². The minimum atomic E-state index is -0.316. The van der Waals surface area contributed by atoms with E-state index in [1.165, 1.54) is 0 Å². The number of hydrogen-bond donors (Lipinski definition) is 2. The highest BCUT2D eigenvalue weighted by atomic mass is 16.3. The number of carbonyl (C=O) groups is 1. The number of nitrogens with zero attached hydrogens (tertiary/aromatic N) is 1. The second-order valence-corrected chi connectivity index (χ2v) is 5.40. The lowest BCUT2D eigenvalue weighted by Gasteiger charge is -2.21. The molecule has 0 aromatic carbocycles. The van der Waals surface area contributed by atoms with Gasteiger partial charge in [0.25, 0.3) is 0 Å². The molecule has 1 aliphatic rings. The molecule has 100 valence electrons. The molecule has 1 heterocycles. The van der Waals surface area contributed by atoms with Gasteiger partial charge in [-0.3, -0.25) is 4.79 Å². The summed E-state index contributed by atoms with van der Waals surface area (Å²) in [6, 6.07) is 0. The van der Waals surface area contributed by atoms with Gasteiger partial charge in [0.1, 0.15) is 0 Å². The Kier molecular flexibility index (Phi) is 5.92. The first kappa shape index (κ1) is 14.5. The van der Waals surface area contributed by atoms with Gasteiger partial charge >= 0.3 is 0 Å². The summed E-state index contributed by atoms with van der Waals surface area (Å²) < 4.78 is 0. The lowest BCUT2D eigenvalue weighted by atomic mass is 9.88. The van der Waals surface area contributed by atoms with Crippen LogP contribution in [0.1, 0.15) is 39.5 Å². The van der Waals surface area contributed by atoms with E-state index in [1.807, 2.05) is 0 Å². The molecule has 1 saturated heterocycles. The molecular formula is C13H26N2O2. The average Bonchev–Trinajstić information content (AvgIpc) is 2.70. The molecule has 2 atom stereocenters. The SMILES string of the molecule is CC(C)C(CCN)CCC(=O)N1CC[C@@H](O)C1. The zero-order valence-electron chi connectivity index (χ0n) is 11.1. The van der Waals surface area contributed by atoms with Crippen molar-refractivity contribution in [3.05, 3.63) is 0 Å². The molecule has 4 heteroatoms. The predicted molar refractivity (Wildman–Crippen MR) is 68.4 cm³/mol. The number of amides is 1. The Morgan fingerprint density at radius 3 is 2.65 bits per heavy atom. The molecule has 0 saturated carbocycles. The van der Waals surface area contributed by atoms with Gasteiger partial charge in [-0.1, -0.05) is 13.8 Å². The summed E-state index contributed by atoms with van der Waals surface area (Å²) in [5.41, 5.74) is 5.59. The van der Waals surface area contributed by atoms with Gasteiger partial charge in [0, 0.05) is 19.5 Å². The normalized spacial score (nSPS) is 22.2. The van der Waals surface area contributed by atoms with Crippen molar-refractivity contribution < 1.29 is 9.90 Å². The van der Waals surface area contributed by atoms with Crippen LogP contribution in [0.3, 0.4) is 0 Å². The van der Waals surface area contributed by atoms with E-state index < -0.39 is 0 Å². The van der Waals surface area contributed by atoms with E-state index >= 15 is 0 Å². The smallest absolute Gasteiger partial charge is 0.222 e. The number of β-amino-alcohol motifs (C(OH)–C–C–N with tert-alkyl or cyclic N) is 1. The molecule has 1 aliphatic heterocycles. The third-order valence-corrected chi connectivity index (χ3v) is 3.73. The van der Waals surface area contributed by atoms with E-state index in [-0.39, 0.29) is 12.0 Å². The summed E-state index contributed by atoms with van der Waals surface area (Å²) in [6.07, 6.45) is 2.91. The van der Waals surface area contributed by atoms with Crippen LogP contribution in [0.25, 0.3) is 0 Å². The van der Waals surface area contributed by atoms with E-state index in [4.69, 9.17) is 5.73 Å². The van der Waals surface area contributed by atoms with Crippen molar-refractivity contribution in [2.24, 2.45) is 17.6 Å². The summed E-state index contributed by atoms with van der Waals surface area (Å²) in [5, 5.41) is 9.39. The molecule has 1 rings (SSSR count). The lowest BCUT2D eigenvalue weighted by molar-refractivity contribution is -0.130. The number of carbonyl (C=O) groups excluding carboxylic acids is 1. The molecule has 1 unspecified atom stereocenters. The van der Waals surface area contributed by atoms with Gasteiger partial charge in [-0.05, 0) is 37.6 Å². The van der Waals surface area contributed by atoms with Crippen LogP contribution in [0.2, 0.25) is 0 Å². The largest absolute Gasteiger partial charge is 0.391 e. The van der Waals surface area contributed by atoms with Crippen molar-refractivity contribution in [3.63, 3.8) is 0 Å². The van der Waals surface area contributed by atoms with Gasteiger partial charge in [0.2, 0.25) is 5.91 Å². The maximum atomic E-state index is 11.9. The first-order valence-corrected chi connectivity index (χ1v) is 6.70. The first-order chi connectivity index (χ1) is 8.04. The molecule has 4 nitrogen and oxygen atoms in total. The van der Waals surface area contributed by atoms with E-state index in [1.54, 1.807) is 4.90 Å². The van der Waals surface area contributed by atoms with Crippen LogP contribution >= 0.6 is 0 Å². The fourth-order valence-corrected chi connectivity index (χ4v) is 2.46. The van der Waals surface area contributed by atoms with E-state index in [0.717, 1.165) is 19.3 Å². The molecule has 17 heavy (non-hydrogen) atoms. The molecule has 1 amide bonds. The summed E-state index contributed by atoms with van der Waals surface area (Å²) in [6.45, 7) is 6.29. The Bertz CT molecular complexity index is 244. The summed E-state index contributed by atoms with van der Waals surface area (Å²) in [7, 11) is 0. The average molecular weight is 242 g/mol. The summed E-state index contributed by atoms with van der Waals surface area (Å²) in [5.74, 6) is 1.30. The lowest BCUT2D eigenvalue weighted by Crippen LogP contribution is -2.30. The highest BCUT2D eigenvalue weighted by Crippen LogP contribution is 2.21. The van der Waals surface area contributed by atoms with E-state index in [9.17, 15) is 9.90 Å². The van der Waals surface area contributed by atoms with Crippen LogP contribution < -0.4 is 5.73 Å². The van der Waals surface area contributed by atoms with Crippen molar-refractivity contribution in [1.82, 2.24) is 4.90 Å². The second-order valence-electron chi connectivity index (χ2n) is 5.40. The van der Waals surface area contributed by atoms with Gasteiger partial charge in [-0.2, -0.15) is 0 Å². The third kappa shape index (κ3) is 4.64. The maximum absolute atomic E-state index is 11.9. The van der Waals surface area contributed by atoms with Crippen LogP contribution in [-0.2, 0) is 4.79 Å². The molecular weight excluding hydrogens is 216 g/mol. The zero-order valence-corrected chi connectivity index (χ0v) is 11.1. The number of aliphatic hydroxyl groups is 1. The van der Waals surface area contributed by atoms with Crippen molar-refractivity contribution in [2.45, 2.75) is 45.6 Å². The van der Waals surface area contributed by atoms with Crippen LogP contribution in [0.4, 0.5) is 0 Å². The Morgan fingerprint density at radius 1 is 1.47 bits per heavy atom. The summed E-state index contributed by atoms with van der Waals surface area (Å²) in [4.78, 5) is 13.7. The number of hydrogen-bond acceptors (Lipinski definition) is 3. The molecule has 0 aliphatic carbocycles. The molecule has 3 N–H and O–H groups in total. The zero-order chi connectivity index (χ0) is 12.8. The minimum absolute atomic E-state index is 0.184. The Hall–Kier alpha value is -0.610. The molecule has 0 aromatic rings. The molecule has 0 radical (unpaired) electrons. The van der Waals surface area contributed by atoms with Gasteiger partial charge in [-0.15, -0.1) is 0 Å². The first-order valence-electron chi connectivity index (χ1n) is 6.70. The number of likely N-dealkylation sites (tertiary alicyclic amines) is 1. The fraction of sp³-hybridized carbons (Fsp3) is 0.923. The molecule has 0 aromatic heterocycles. The second kappa shape index (κ2) is 6.97. The minimum Gasteiger partial charge on any atom is -0.391 e. The Labute approximate surface area is 104 Å². The highest BCUT2D eigenvalue weighted by Gasteiger charge is 2.25. The number of aliphatic hydroxyl groups excluding tert-OH is 1. The van der Waals surface area contributed by atoms with Gasteiger partial charge in [-0.25, -0.2) is 0 Å². The number of rotatable bonds is 6. The van der Waals surface area contributed by atoms with E-state index in [0.29, 0.717) is 37.9 Å². The highest BCUT2D eigenvalue weighted by molar-refractivity contribution is 5.76. The van der Waals surface area contributed by atoms with Crippen LogP contribution in [0.5, 0.6) is 0 Å². The van der Waals surface area contributed by atoms with Gasteiger partial charge < -0.3 is 15.7 Å².